The molecule has 6 heteroatoms. The van der Waals surface area contributed by atoms with Gasteiger partial charge in [0.1, 0.15) is 5.82 Å². The minimum atomic E-state index is -3.64. The first-order chi connectivity index (χ1) is 9.36. The Morgan fingerprint density at radius 1 is 1.40 bits per heavy atom. The lowest BCUT2D eigenvalue weighted by Gasteiger charge is -2.22. The van der Waals surface area contributed by atoms with Crippen molar-refractivity contribution < 1.29 is 12.8 Å². The normalized spacial score (nSPS) is 24.2. The van der Waals surface area contributed by atoms with Crippen molar-refractivity contribution >= 4 is 10.0 Å². The van der Waals surface area contributed by atoms with Crippen LogP contribution in [0, 0.1) is 11.7 Å². The average Bonchev–Trinajstić information content (AvgIpc) is 2.71. The maximum Gasteiger partial charge on any atom is 0.243 e. The van der Waals surface area contributed by atoms with E-state index in [0.29, 0.717) is 24.6 Å². The highest BCUT2D eigenvalue weighted by atomic mass is 32.2. The van der Waals surface area contributed by atoms with E-state index in [1.165, 1.54) is 16.4 Å². The highest BCUT2D eigenvalue weighted by Gasteiger charge is 2.37. The van der Waals surface area contributed by atoms with Crippen LogP contribution in [0.2, 0.25) is 0 Å². The molecule has 0 bridgehead atoms. The molecular formula is C14H21FN2O2S. The Balaban J connectivity index is 2.46. The Hall–Kier alpha value is -0.980. The summed E-state index contributed by atoms with van der Waals surface area (Å²) in [6.45, 7) is 4.83. The molecule has 0 aliphatic carbocycles. The third-order valence-corrected chi connectivity index (χ3v) is 5.77. The van der Waals surface area contributed by atoms with Crippen molar-refractivity contribution in [1.82, 2.24) is 9.62 Å². The Morgan fingerprint density at radius 2 is 2.10 bits per heavy atom. The van der Waals surface area contributed by atoms with Gasteiger partial charge in [-0.05, 0) is 44.0 Å². The Kier molecular flexibility index (Phi) is 4.46. The fourth-order valence-electron chi connectivity index (χ4n) is 2.83. The number of hydrogen-bond donors (Lipinski definition) is 1. The Bertz CT molecular complexity index is 589. The number of nitrogens with one attached hydrogen (secondary N) is 1. The van der Waals surface area contributed by atoms with Gasteiger partial charge in [0.2, 0.25) is 10.0 Å². The van der Waals surface area contributed by atoms with E-state index >= 15 is 0 Å². The van der Waals surface area contributed by atoms with Gasteiger partial charge in [-0.15, -0.1) is 0 Å². The summed E-state index contributed by atoms with van der Waals surface area (Å²) in [4.78, 5) is 0.0767. The van der Waals surface area contributed by atoms with E-state index in [-0.39, 0.29) is 10.9 Å². The molecule has 0 amide bonds. The second kappa shape index (κ2) is 5.79. The molecule has 112 valence electrons. The van der Waals surface area contributed by atoms with E-state index in [0.717, 1.165) is 12.5 Å². The number of sulfonamides is 1. The quantitative estimate of drug-likeness (QED) is 0.925. The first kappa shape index (κ1) is 15.4. The molecule has 2 rings (SSSR count). The van der Waals surface area contributed by atoms with Crippen molar-refractivity contribution in [1.29, 1.82) is 0 Å². The summed E-state index contributed by atoms with van der Waals surface area (Å²) in [5.41, 5.74) is 0.598. The monoisotopic (exact) mass is 300 g/mol. The van der Waals surface area contributed by atoms with Crippen LogP contribution in [-0.2, 0) is 16.6 Å². The number of benzene rings is 1. The number of nitrogens with zero attached hydrogens (tertiary/aromatic N) is 1. The van der Waals surface area contributed by atoms with Gasteiger partial charge in [0, 0.05) is 19.1 Å². The van der Waals surface area contributed by atoms with Gasteiger partial charge < -0.3 is 5.32 Å². The molecule has 1 aromatic rings. The summed E-state index contributed by atoms with van der Waals surface area (Å²) in [7, 11) is -1.91. The van der Waals surface area contributed by atoms with Crippen LogP contribution in [0.1, 0.15) is 25.8 Å². The lowest BCUT2D eigenvalue weighted by atomic mass is 10.1. The van der Waals surface area contributed by atoms with Gasteiger partial charge in [-0.1, -0.05) is 13.0 Å². The molecule has 1 aliphatic rings. The predicted octanol–water partition coefficient (Wildman–Crippen LogP) is 1.96. The fraction of sp³-hybridized carbons (Fsp3) is 0.571. The van der Waals surface area contributed by atoms with Crippen LogP contribution in [0.4, 0.5) is 4.39 Å². The predicted molar refractivity (Wildman–Crippen MR) is 76.3 cm³/mol. The van der Waals surface area contributed by atoms with Crippen molar-refractivity contribution in [3.63, 3.8) is 0 Å². The topological polar surface area (TPSA) is 49.4 Å². The van der Waals surface area contributed by atoms with Crippen molar-refractivity contribution in [2.24, 2.45) is 5.92 Å². The summed E-state index contributed by atoms with van der Waals surface area (Å²) in [5, 5.41) is 2.92. The second-order valence-electron chi connectivity index (χ2n) is 5.55. The van der Waals surface area contributed by atoms with Crippen LogP contribution in [-0.4, -0.2) is 32.4 Å². The van der Waals surface area contributed by atoms with Crippen LogP contribution in [0.15, 0.2) is 23.1 Å². The number of hydrogen-bond acceptors (Lipinski definition) is 3. The lowest BCUT2D eigenvalue weighted by molar-refractivity contribution is 0.404. The first-order valence-electron chi connectivity index (χ1n) is 6.81. The molecule has 1 aromatic carbocycles. The Morgan fingerprint density at radius 3 is 2.65 bits per heavy atom. The van der Waals surface area contributed by atoms with Gasteiger partial charge in [-0.25, -0.2) is 12.8 Å². The second-order valence-corrected chi connectivity index (χ2v) is 7.41. The average molecular weight is 300 g/mol. The third-order valence-electron chi connectivity index (χ3n) is 3.71. The molecule has 0 radical (unpaired) electrons. The molecule has 1 fully saturated rings. The smallest absolute Gasteiger partial charge is 0.243 e. The van der Waals surface area contributed by atoms with Crippen LogP contribution < -0.4 is 5.32 Å². The van der Waals surface area contributed by atoms with Crippen LogP contribution >= 0.6 is 0 Å². The minimum Gasteiger partial charge on any atom is -0.316 e. The van der Waals surface area contributed by atoms with Gasteiger partial charge in [0.15, 0.2) is 0 Å². The van der Waals surface area contributed by atoms with Gasteiger partial charge in [-0.2, -0.15) is 4.31 Å². The molecule has 0 aromatic heterocycles. The van der Waals surface area contributed by atoms with Gasteiger partial charge in [0.25, 0.3) is 0 Å². The van der Waals surface area contributed by atoms with E-state index in [1.54, 1.807) is 7.05 Å². The number of rotatable bonds is 4. The van der Waals surface area contributed by atoms with Gasteiger partial charge in [-0.3, -0.25) is 0 Å². The van der Waals surface area contributed by atoms with Crippen molar-refractivity contribution in [3.8, 4) is 0 Å². The Labute approximate surface area is 120 Å². The zero-order valence-electron chi connectivity index (χ0n) is 12.1. The summed E-state index contributed by atoms with van der Waals surface area (Å²) in [6.07, 6.45) is 0.843. The van der Waals surface area contributed by atoms with Gasteiger partial charge >= 0.3 is 0 Å². The van der Waals surface area contributed by atoms with Crippen LogP contribution in [0.5, 0.6) is 0 Å². The van der Waals surface area contributed by atoms with Crippen molar-refractivity contribution in [2.45, 2.75) is 37.8 Å². The molecule has 1 heterocycles. The summed E-state index contributed by atoms with van der Waals surface area (Å²) in [5.74, 6) is -0.190. The first-order valence-corrected chi connectivity index (χ1v) is 8.25. The van der Waals surface area contributed by atoms with E-state index in [1.807, 2.05) is 13.8 Å². The van der Waals surface area contributed by atoms with E-state index in [4.69, 9.17) is 0 Å². The molecule has 1 saturated heterocycles. The summed E-state index contributed by atoms with van der Waals surface area (Å²) >= 11 is 0. The van der Waals surface area contributed by atoms with E-state index in [9.17, 15) is 12.8 Å². The van der Waals surface area contributed by atoms with Gasteiger partial charge in [0.05, 0.1) is 4.90 Å². The molecule has 2 atom stereocenters. The van der Waals surface area contributed by atoms with E-state index < -0.39 is 15.8 Å². The standard InChI is InChI=1S/C14H21FN2O2S/c1-10-6-11(2)17(9-10)20(18,19)14-7-13(15)5-4-12(14)8-16-3/h4-5,7,10-11,16H,6,8-9H2,1-3H3. The molecule has 0 spiro atoms. The zero-order chi connectivity index (χ0) is 14.9. The van der Waals surface area contributed by atoms with Crippen LogP contribution in [0.25, 0.3) is 0 Å². The van der Waals surface area contributed by atoms with Crippen LogP contribution in [0.3, 0.4) is 0 Å². The molecule has 4 nitrogen and oxygen atoms in total. The van der Waals surface area contributed by atoms with E-state index in [2.05, 4.69) is 5.32 Å². The molecule has 1 aliphatic heterocycles. The fourth-order valence-corrected chi connectivity index (χ4v) is 4.82. The highest BCUT2D eigenvalue weighted by molar-refractivity contribution is 7.89. The summed E-state index contributed by atoms with van der Waals surface area (Å²) in [6, 6.07) is 3.91. The minimum absolute atomic E-state index is 0.0410. The van der Waals surface area contributed by atoms with Crippen molar-refractivity contribution in [3.05, 3.63) is 29.6 Å². The largest absolute Gasteiger partial charge is 0.316 e. The SMILES string of the molecule is CNCc1ccc(F)cc1S(=O)(=O)N1CC(C)CC1C. The number of halogens is 1. The molecule has 20 heavy (non-hydrogen) atoms. The third kappa shape index (κ3) is 2.87. The maximum absolute atomic E-state index is 13.5. The molecular weight excluding hydrogens is 279 g/mol. The van der Waals surface area contributed by atoms with Crippen molar-refractivity contribution in [2.75, 3.05) is 13.6 Å². The summed E-state index contributed by atoms with van der Waals surface area (Å²) < 4.78 is 40.5. The molecule has 0 saturated carbocycles. The zero-order valence-corrected chi connectivity index (χ0v) is 12.9. The molecule has 1 N–H and O–H groups in total. The lowest BCUT2D eigenvalue weighted by Crippen LogP contribution is -2.34. The maximum atomic E-state index is 13.5. The molecule has 2 unspecified atom stereocenters. The highest BCUT2D eigenvalue weighted by Crippen LogP contribution is 2.30.